The summed E-state index contributed by atoms with van der Waals surface area (Å²) in [4.78, 5) is 0. The summed E-state index contributed by atoms with van der Waals surface area (Å²) in [5, 5.41) is 0. The van der Waals surface area contributed by atoms with E-state index in [1.807, 2.05) is 0 Å². The second kappa shape index (κ2) is 3.55. The molecule has 0 saturated heterocycles. The smallest absolute Gasteiger partial charge is 0.0468 e. The quantitative estimate of drug-likeness (QED) is 0.654. The molecule has 0 radical (unpaired) electrons. The fraction of sp³-hybridized carbons (Fsp3) is 1.00. The Labute approximate surface area is 69.1 Å². The summed E-state index contributed by atoms with van der Waals surface area (Å²) in [6, 6.07) is 0. The van der Waals surface area contributed by atoms with Gasteiger partial charge in [-0.15, -0.1) is 0 Å². The predicted octanol–water partition coefficient (Wildman–Crippen LogP) is 1.40. The van der Waals surface area contributed by atoms with Crippen LogP contribution in [-0.2, 0) is 4.74 Å². The molecule has 1 atom stereocenters. The van der Waals surface area contributed by atoms with Crippen LogP contribution in [0.25, 0.3) is 0 Å². The Kier molecular flexibility index (Phi) is 2.90. The van der Waals surface area contributed by atoms with Gasteiger partial charge < -0.3 is 10.5 Å². The lowest BCUT2D eigenvalue weighted by Gasteiger charge is -2.27. The van der Waals surface area contributed by atoms with E-state index in [2.05, 4.69) is 6.92 Å². The molecule has 1 rings (SSSR count). The zero-order chi connectivity index (χ0) is 8.32. The molecule has 1 saturated carbocycles. The van der Waals surface area contributed by atoms with Crippen LogP contribution in [0.2, 0.25) is 0 Å². The van der Waals surface area contributed by atoms with Gasteiger partial charge in [-0.1, -0.05) is 6.92 Å². The van der Waals surface area contributed by atoms with Crippen molar-refractivity contribution >= 4 is 0 Å². The molecule has 2 heteroatoms. The van der Waals surface area contributed by atoms with Gasteiger partial charge in [0.2, 0.25) is 0 Å². The van der Waals surface area contributed by atoms with Crippen molar-refractivity contribution in [3.63, 3.8) is 0 Å². The number of nitrogens with two attached hydrogens (primary N) is 1. The largest absolute Gasteiger partial charge is 0.385 e. The Morgan fingerprint density at radius 1 is 1.55 bits per heavy atom. The molecule has 1 aliphatic rings. The molecule has 1 fully saturated rings. The van der Waals surface area contributed by atoms with E-state index in [1.54, 1.807) is 7.11 Å². The van der Waals surface area contributed by atoms with Crippen LogP contribution in [0.4, 0.5) is 0 Å². The highest BCUT2D eigenvalue weighted by Gasteiger charge is 2.39. The van der Waals surface area contributed by atoms with E-state index in [9.17, 15) is 0 Å². The molecule has 11 heavy (non-hydrogen) atoms. The summed E-state index contributed by atoms with van der Waals surface area (Å²) in [6.07, 6.45) is 3.86. The van der Waals surface area contributed by atoms with Crippen molar-refractivity contribution in [2.75, 3.05) is 20.3 Å². The zero-order valence-electron chi connectivity index (χ0n) is 7.60. The Morgan fingerprint density at radius 3 is 2.55 bits per heavy atom. The van der Waals surface area contributed by atoms with Crippen LogP contribution in [0.5, 0.6) is 0 Å². The van der Waals surface area contributed by atoms with E-state index in [0.29, 0.717) is 5.41 Å². The Bertz CT molecular complexity index is 123. The highest BCUT2D eigenvalue weighted by Crippen LogP contribution is 2.46. The molecule has 0 aromatic carbocycles. The molecule has 0 heterocycles. The van der Waals surface area contributed by atoms with Crippen molar-refractivity contribution in [1.82, 2.24) is 0 Å². The van der Waals surface area contributed by atoms with Crippen molar-refractivity contribution in [2.45, 2.75) is 26.2 Å². The molecule has 66 valence electrons. The fourth-order valence-corrected chi connectivity index (χ4v) is 1.59. The van der Waals surface area contributed by atoms with E-state index in [4.69, 9.17) is 10.5 Å². The summed E-state index contributed by atoms with van der Waals surface area (Å²) in [5.41, 5.74) is 6.09. The molecular weight excluding hydrogens is 138 g/mol. The average molecular weight is 157 g/mol. The second-order valence-electron chi connectivity index (χ2n) is 3.88. The molecule has 2 nitrogen and oxygen atoms in total. The van der Waals surface area contributed by atoms with Gasteiger partial charge in [-0.25, -0.2) is 0 Å². The molecule has 0 spiro atoms. The molecule has 0 bridgehead atoms. The number of rotatable bonds is 5. The lowest BCUT2D eigenvalue weighted by atomic mass is 9.82. The van der Waals surface area contributed by atoms with E-state index < -0.39 is 0 Å². The van der Waals surface area contributed by atoms with E-state index in [1.165, 1.54) is 12.8 Å². The molecular formula is C9H19NO. The summed E-state index contributed by atoms with van der Waals surface area (Å²) < 4.78 is 5.06. The third kappa shape index (κ3) is 2.17. The van der Waals surface area contributed by atoms with Crippen molar-refractivity contribution in [1.29, 1.82) is 0 Å². The van der Waals surface area contributed by atoms with Crippen molar-refractivity contribution in [3.8, 4) is 0 Å². The van der Waals surface area contributed by atoms with Gasteiger partial charge in [0, 0.05) is 13.7 Å². The molecule has 0 amide bonds. The molecule has 2 N–H and O–H groups in total. The lowest BCUT2D eigenvalue weighted by molar-refractivity contribution is 0.135. The maximum absolute atomic E-state index is 5.73. The van der Waals surface area contributed by atoms with E-state index in [0.717, 1.165) is 25.5 Å². The number of ether oxygens (including phenoxy) is 1. The zero-order valence-corrected chi connectivity index (χ0v) is 7.60. The number of hydrogen-bond donors (Lipinski definition) is 1. The highest BCUT2D eigenvalue weighted by atomic mass is 16.5. The third-order valence-corrected chi connectivity index (χ3v) is 2.91. The number of hydrogen-bond acceptors (Lipinski definition) is 2. The first-order valence-electron chi connectivity index (χ1n) is 4.42. The Balaban J connectivity index is 2.31. The number of methoxy groups -OCH3 is 1. The second-order valence-corrected chi connectivity index (χ2v) is 3.88. The third-order valence-electron chi connectivity index (χ3n) is 2.91. The van der Waals surface area contributed by atoms with Gasteiger partial charge in [0.1, 0.15) is 0 Å². The SMILES string of the molecule is COCCC(C)(CN)C1CC1. The van der Waals surface area contributed by atoms with Gasteiger partial charge in [0.05, 0.1) is 0 Å². The van der Waals surface area contributed by atoms with Crippen molar-refractivity contribution < 1.29 is 4.74 Å². The van der Waals surface area contributed by atoms with E-state index in [-0.39, 0.29) is 0 Å². The predicted molar refractivity (Wildman–Crippen MR) is 46.4 cm³/mol. The van der Waals surface area contributed by atoms with Crippen LogP contribution in [0.1, 0.15) is 26.2 Å². The first kappa shape index (κ1) is 9.01. The minimum atomic E-state index is 0.357. The maximum atomic E-state index is 5.73. The van der Waals surface area contributed by atoms with Crippen molar-refractivity contribution in [2.24, 2.45) is 17.1 Å². The first-order valence-corrected chi connectivity index (χ1v) is 4.42. The molecule has 1 aliphatic carbocycles. The molecule has 0 aromatic rings. The van der Waals surface area contributed by atoms with Gasteiger partial charge in [0.25, 0.3) is 0 Å². The standard InChI is InChI=1S/C9H19NO/c1-9(7-10,5-6-11-2)8-3-4-8/h8H,3-7,10H2,1-2H3. The van der Waals surface area contributed by atoms with Gasteiger partial charge >= 0.3 is 0 Å². The van der Waals surface area contributed by atoms with Crippen LogP contribution in [-0.4, -0.2) is 20.3 Å². The topological polar surface area (TPSA) is 35.2 Å². The highest BCUT2D eigenvalue weighted by molar-refractivity contribution is 4.91. The minimum absolute atomic E-state index is 0.357. The van der Waals surface area contributed by atoms with Crippen LogP contribution >= 0.6 is 0 Å². The fourth-order valence-electron chi connectivity index (χ4n) is 1.59. The van der Waals surface area contributed by atoms with Crippen LogP contribution in [0.15, 0.2) is 0 Å². The van der Waals surface area contributed by atoms with E-state index >= 15 is 0 Å². The Morgan fingerprint density at radius 2 is 2.18 bits per heavy atom. The summed E-state index contributed by atoms with van der Waals surface area (Å²) >= 11 is 0. The average Bonchev–Trinajstić information content (AvgIpc) is 2.82. The van der Waals surface area contributed by atoms with Gasteiger partial charge in [-0.05, 0) is 37.1 Å². The maximum Gasteiger partial charge on any atom is 0.0468 e. The summed E-state index contributed by atoms with van der Waals surface area (Å²) in [7, 11) is 1.75. The first-order chi connectivity index (χ1) is 5.23. The molecule has 0 aliphatic heterocycles. The summed E-state index contributed by atoms with van der Waals surface area (Å²) in [5.74, 6) is 0.877. The Hall–Kier alpha value is -0.0800. The summed E-state index contributed by atoms with van der Waals surface area (Å²) in [6.45, 7) is 3.94. The molecule has 1 unspecified atom stereocenters. The van der Waals surface area contributed by atoms with Gasteiger partial charge in [0.15, 0.2) is 0 Å². The van der Waals surface area contributed by atoms with Crippen LogP contribution in [0, 0.1) is 11.3 Å². The molecule has 0 aromatic heterocycles. The minimum Gasteiger partial charge on any atom is -0.385 e. The monoisotopic (exact) mass is 157 g/mol. The van der Waals surface area contributed by atoms with Crippen LogP contribution in [0.3, 0.4) is 0 Å². The van der Waals surface area contributed by atoms with Crippen LogP contribution < -0.4 is 5.73 Å². The van der Waals surface area contributed by atoms with Gasteiger partial charge in [-0.3, -0.25) is 0 Å². The van der Waals surface area contributed by atoms with Gasteiger partial charge in [-0.2, -0.15) is 0 Å². The lowest BCUT2D eigenvalue weighted by Crippen LogP contribution is -2.30. The van der Waals surface area contributed by atoms with Crippen molar-refractivity contribution in [3.05, 3.63) is 0 Å². The normalized spacial score (nSPS) is 23.2.